The predicted molar refractivity (Wildman–Crippen MR) is 125 cm³/mol. The quantitative estimate of drug-likeness (QED) is 0.263. The summed E-state index contributed by atoms with van der Waals surface area (Å²) in [7, 11) is 0. The first-order chi connectivity index (χ1) is 14.6. The number of benzene rings is 2. The molecule has 0 spiro atoms. The third kappa shape index (κ3) is 3.87. The van der Waals surface area contributed by atoms with Crippen molar-refractivity contribution in [3.05, 3.63) is 75.1 Å². The average molecular weight is 504 g/mol. The topological polar surface area (TPSA) is 63.7 Å². The first-order valence-electron chi connectivity index (χ1n) is 9.42. The Morgan fingerprint density at radius 2 is 2.03 bits per heavy atom. The largest absolute Gasteiger partial charge is 0.437 e. The maximum absolute atomic E-state index is 9.26. The standard InChI is InChI=1S/C24H17IN4O/c1-3-4-8-18-13-20-16(2)28-29(19-9-5-7-17(12-19)15-26)22(20)14-23(18)30-24-21(25)10-6-11-27-24/h5-7,9-14H,3H2,1-2H3. The van der Waals surface area contributed by atoms with E-state index in [-0.39, 0.29) is 0 Å². The number of nitriles is 1. The first-order valence-corrected chi connectivity index (χ1v) is 10.5. The van der Waals surface area contributed by atoms with E-state index in [0.717, 1.165) is 37.8 Å². The Balaban J connectivity index is 1.93. The van der Waals surface area contributed by atoms with Crippen molar-refractivity contribution >= 4 is 33.5 Å². The summed E-state index contributed by atoms with van der Waals surface area (Å²) in [5.74, 6) is 7.49. The zero-order valence-electron chi connectivity index (χ0n) is 16.5. The molecule has 0 atom stereocenters. The number of pyridine rings is 1. The average Bonchev–Trinajstić information content (AvgIpc) is 3.09. The first kappa shape index (κ1) is 19.9. The molecule has 0 unspecified atom stereocenters. The highest BCUT2D eigenvalue weighted by Gasteiger charge is 2.15. The van der Waals surface area contributed by atoms with Crippen molar-refractivity contribution in [1.82, 2.24) is 14.8 Å². The molecule has 0 amide bonds. The number of aromatic nitrogens is 3. The van der Waals surface area contributed by atoms with Crippen LogP contribution in [-0.2, 0) is 0 Å². The van der Waals surface area contributed by atoms with Gasteiger partial charge in [-0.15, -0.1) is 0 Å². The zero-order valence-corrected chi connectivity index (χ0v) is 18.6. The molecule has 4 aromatic rings. The van der Waals surface area contributed by atoms with Crippen molar-refractivity contribution in [2.45, 2.75) is 20.3 Å². The number of nitrogens with zero attached hydrogens (tertiary/aromatic N) is 4. The van der Waals surface area contributed by atoms with Crippen LogP contribution in [-0.4, -0.2) is 14.8 Å². The number of fused-ring (bicyclic) bond motifs is 1. The molecule has 0 aliphatic rings. The lowest BCUT2D eigenvalue weighted by molar-refractivity contribution is 0.458. The van der Waals surface area contributed by atoms with Crippen molar-refractivity contribution in [2.75, 3.05) is 0 Å². The second-order valence-corrected chi connectivity index (χ2v) is 7.73. The molecule has 0 aliphatic heterocycles. The van der Waals surface area contributed by atoms with E-state index >= 15 is 0 Å². The minimum Gasteiger partial charge on any atom is -0.437 e. The van der Waals surface area contributed by atoms with Crippen molar-refractivity contribution in [3.63, 3.8) is 0 Å². The molecule has 0 radical (unpaired) electrons. The van der Waals surface area contributed by atoms with Crippen LogP contribution in [0.4, 0.5) is 0 Å². The van der Waals surface area contributed by atoms with Crippen LogP contribution >= 0.6 is 22.6 Å². The van der Waals surface area contributed by atoms with Gasteiger partial charge >= 0.3 is 0 Å². The fraction of sp³-hybridized carbons (Fsp3) is 0.125. The molecular weight excluding hydrogens is 487 g/mol. The van der Waals surface area contributed by atoms with E-state index in [1.807, 2.05) is 61.0 Å². The molecule has 2 aromatic carbocycles. The van der Waals surface area contributed by atoms with E-state index in [1.54, 1.807) is 12.3 Å². The monoisotopic (exact) mass is 504 g/mol. The Hall–Kier alpha value is -3.36. The van der Waals surface area contributed by atoms with Gasteiger partial charge in [0.2, 0.25) is 5.88 Å². The van der Waals surface area contributed by atoms with Gasteiger partial charge in [-0.05, 0) is 65.9 Å². The summed E-state index contributed by atoms with van der Waals surface area (Å²) < 4.78 is 8.92. The van der Waals surface area contributed by atoms with Gasteiger partial charge in [-0.1, -0.05) is 24.8 Å². The third-order valence-corrected chi connectivity index (χ3v) is 5.34. The van der Waals surface area contributed by atoms with Gasteiger partial charge in [0.05, 0.1) is 37.7 Å². The van der Waals surface area contributed by atoms with Crippen molar-refractivity contribution in [2.24, 2.45) is 0 Å². The molecule has 0 aliphatic carbocycles. The number of halogens is 1. The molecule has 0 saturated heterocycles. The molecule has 6 heteroatoms. The van der Waals surface area contributed by atoms with Gasteiger partial charge in [-0.25, -0.2) is 9.67 Å². The molecule has 0 N–H and O–H groups in total. The molecule has 146 valence electrons. The Morgan fingerprint density at radius 3 is 2.80 bits per heavy atom. The molecule has 2 aromatic heterocycles. The number of hydrogen-bond donors (Lipinski definition) is 0. The Bertz CT molecular complexity index is 1360. The van der Waals surface area contributed by atoms with Crippen LogP contribution in [0.15, 0.2) is 54.7 Å². The summed E-state index contributed by atoms with van der Waals surface area (Å²) in [4.78, 5) is 4.35. The fourth-order valence-electron chi connectivity index (χ4n) is 3.11. The van der Waals surface area contributed by atoms with E-state index in [2.05, 4.69) is 45.5 Å². The van der Waals surface area contributed by atoms with E-state index in [0.29, 0.717) is 17.2 Å². The highest BCUT2D eigenvalue weighted by Crippen LogP contribution is 2.33. The lowest BCUT2D eigenvalue weighted by Gasteiger charge is -2.10. The van der Waals surface area contributed by atoms with Gasteiger partial charge in [-0.3, -0.25) is 0 Å². The lowest BCUT2D eigenvalue weighted by Crippen LogP contribution is -1.98. The molecule has 4 rings (SSSR count). The second-order valence-electron chi connectivity index (χ2n) is 6.57. The highest BCUT2D eigenvalue weighted by molar-refractivity contribution is 14.1. The number of aryl methyl sites for hydroxylation is 1. The van der Waals surface area contributed by atoms with Crippen LogP contribution in [0.25, 0.3) is 16.6 Å². The predicted octanol–water partition coefficient (Wildman–Crippen LogP) is 5.76. The van der Waals surface area contributed by atoms with Gasteiger partial charge in [0, 0.05) is 24.1 Å². The minimum atomic E-state index is 0.534. The SMILES string of the molecule is CCC#Cc1cc2c(C)nn(-c3cccc(C#N)c3)c2cc1Oc1ncccc1I. The van der Waals surface area contributed by atoms with Crippen LogP contribution < -0.4 is 4.74 Å². The van der Waals surface area contributed by atoms with Gasteiger partial charge in [0.25, 0.3) is 0 Å². The zero-order chi connectivity index (χ0) is 21.1. The van der Waals surface area contributed by atoms with Gasteiger partial charge in [0.15, 0.2) is 0 Å². The van der Waals surface area contributed by atoms with Crippen LogP contribution in [0.2, 0.25) is 0 Å². The fourth-order valence-corrected chi connectivity index (χ4v) is 3.57. The van der Waals surface area contributed by atoms with Crippen molar-refractivity contribution in [1.29, 1.82) is 5.26 Å². The maximum Gasteiger partial charge on any atom is 0.232 e. The van der Waals surface area contributed by atoms with E-state index in [4.69, 9.17) is 9.84 Å². The van der Waals surface area contributed by atoms with Gasteiger partial charge < -0.3 is 4.74 Å². The summed E-state index contributed by atoms with van der Waals surface area (Å²) in [5, 5.41) is 15.0. The van der Waals surface area contributed by atoms with Crippen molar-refractivity contribution < 1.29 is 4.74 Å². The number of rotatable bonds is 3. The van der Waals surface area contributed by atoms with E-state index < -0.39 is 0 Å². The van der Waals surface area contributed by atoms with Crippen LogP contribution in [0.5, 0.6) is 11.6 Å². The van der Waals surface area contributed by atoms with Crippen molar-refractivity contribution in [3.8, 4) is 35.2 Å². The summed E-state index contributed by atoms with van der Waals surface area (Å²) >= 11 is 2.20. The molecule has 2 heterocycles. The van der Waals surface area contributed by atoms with Gasteiger partial charge in [0.1, 0.15) is 5.75 Å². The normalized spacial score (nSPS) is 10.3. The minimum absolute atomic E-state index is 0.534. The summed E-state index contributed by atoms with van der Waals surface area (Å²) in [6.07, 6.45) is 2.45. The van der Waals surface area contributed by atoms with Gasteiger partial charge in [-0.2, -0.15) is 10.4 Å². The lowest BCUT2D eigenvalue weighted by atomic mass is 10.1. The molecule has 0 fully saturated rings. The summed E-state index contributed by atoms with van der Waals surface area (Å²) in [5.41, 5.74) is 3.95. The van der Waals surface area contributed by atoms with Crippen LogP contribution in [0.3, 0.4) is 0 Å². The Labute approximate surface area is 188 Å². The molecular formula is C24H17IN4O. The summed E-state index contributed by atoms with van der Waals surface area (Å²) in [6, 6.07) is 17.3. The second kappa shape index (κ2) is 8.56. The third-order valence-electron chi connectivity index (χ3n) is 4.52. The molecule has 30 heavy (non-hydrogen) atoms. The van der Waals surface area contributed by atoms with Crippen LogP contribution in [0, 0.1) is 33.7 Å². The smallest absolute Gasteiger partial charge is 0.232 e. The number of ether oxygens (including phenoxy) is 1. The Morgan fingerprint density at radius 1 is 1.17 bits per heavy atom. The molecule has 0 bridgehead atoms. The molecule has 5 nitrogen and oxygen atoms in total. The maximum atomic E-state index is 9.26. The highest BCUT2D eigenvalue weighted by atomic mass is 127. The van der Waals surface area contributed by atoms with Crippen LogP contribution in [0.1, 0.15) is 30.2 Å². The van der Waals surface area contributed by atoms with E-state index in [1.165, 1.54) is 0 Å². The summed E-state index contributed by atoms with van der Waals surface area (Å²) in [6.45, 7) is 3.98. The number of hydrogen-bond acceptors (Lipinski definition) is 4. The van der Waals surface area contributed by atoms with E-state index in [9.17, 15) is 5.26 Å². The Kier molecular flexibility index (Phi) is 5.69. The molecule has 0 saturated carbocycles.